The number of hydrogen-bond donors (Lipinski definition) is 2. The van der Waals surface area contributed by atoms with E-state index < -0.39 is 5.43 Å². The Morgan fingerprint density at radius 2 is 1.56 bits per heavy atom. The molecule has 0 fully saturated rings. The summed E-state index contributed by atoms with van der Waals surface area (Å²) < 4.78 is 21.4. The molecule has 0 radical (unpaired) electrons. The van der Waals surface area contributed by atoms with Gasteiger partial charge in [0.25, 0.3) is 0 Å². The lowest BCUT2D eigenvalue weighted by atomic mass is 10.1. The lowest BCUT2D eigenvalue weighted by Gasteiger charge is -2.13. The first-order valence-electron chi connectivity index (χ1n) is 7.30. The van der Waals surface area contributed by atoms with E-state index in [0.717, 1.165) is 0 Å². The van der Waals surface area contributed by atoms with Crippen LogP contribution in [-0.2, 0) is 0 Å². The summed E-state index contributed by atoms with van der Waals surface area (Å²) in [6.07, 6.45) is 0. The van der Waals surface area contributed by atoms with Crippen LogP contribution in [-0.4, -0.2) is 31.5 Å². The molecular weight excluding hydrogens is 328 g/mol. The Kier molecular flexibility index (Phi) is 4.14. The first kappa shape index (κ1) is 16.5. The van der Waals surface area contributed by atoms with Gasteiger partial charge in [0, 0.05) is 11.6 Å². The van der Waals surface area contributed by atoms with E-state index in [2.05, 4.69) is 0 Å². The number of benzene rings is 2. The van der Waals surface area contributed by atoms with Crippen molar-refractivity contribution in [3.05, 3.63) is 40.6 Å². The van der Waals surface area contributed by atoms with Crippen LogP contribution >= 0.6 is 0 Å². The first-order valence-corrected chi connectivity index (χ1v) is 7.30. The normalized spacial score (nSPS) is 10.7. The molecule has 7 nitrogen and oxygen atoms in total. The van der Waals surface area contributed by atoms with Crippen molar-refractivity contribution in [1.29, 1.82) is 0 Å². The maximum absolute atomic E-state index is 12.9. The van der Waals surface area contributed by atoms with Crippen molar-refractivity contribution in [2.75, 3.05) is 21.3 Å². The van der Waals surface area contributed by atoms with Gasteiger partial charge in [0.05, 0.1) is 21.3 Å². The smallest absolute Gasteiger partial charge is 0.239 e. The van der Waals surface area contributed by atoms with E-state index in [-0.39, 0.29) is 45.5 Å². The van der Waals surface area contributed by atoms with Crippen molar-refractivity contribution in [1.82, 2.24) is 0 Å². The highest BCUT2D eigenvalue weighted by Crippen LogP contribution is 2.42. The van der Waals surface area contributed by atoms with Crippen LogP contribution in [0.4, 0.5) is 0 Å². The van der Waals surface area contributed by atoms with Crippen LogP contribution in [0.2, 0.25) is 0 Å². The van der Waals surface area contributed by atoms with E-state index >= 15 is 0 Å². The van der Waals surface area contributed by atoms with Crippen molar-refractivity contribution < 1.29 is 28.8 Å². The first-order chi connectivity index (χ1) is 12.0. The van der Waals surface area contributed by atoms with Gasteiger partial charge in [-0.3, -0.25) is 4.79 Å². The molecule has 0 spiro atoms. The van der Waals surface area contributed by atoms with Gasteiger partial charge in [-0.1, -0.05) is 0 Å². The molecule has 0 saturated carbocycles. The molecule has 3 aromatic rings. The van der Waals surface area contributed by atoms with E-state index in [0.29, 0.717) is 5.56 Å². The Balaban J connectivity index is 2.45. The minimum atomic E-state index is -0.568. The largest absolute Gasteiger partial charge is 0.508 e. The topological polar surface area (TPSA) is 98.4 Å². The van der Waals surface area contributed by atoms with Crippen molar-refractivity contribution in [2.24, 2.45) is 0 Å². The molecule has 1 heterocycles. The predicted octanol–water partition coefficient (Wildman–Crippen LogP) is 2.90. The Morgan fingerprint density at radius 3 is 2.12 bits per heavy atom. The fourth-order valence-corrected chi connectivity index (χ4v) is 2.58. The summed E-state index contributed by atoms with van der Waals surface area (Å²) >= 11 is 0. The molecule has 0 aliphatic rings. The van der Waals surface area contributed by atoms with Crippen LogP contribution in [0.5, 0.6) is 28.7 Å². The molecule has 0 bridgehead atoms. The fourth-order valence-electron chi connectivity index (χ4n) is 2.58. The highest BCUT2D eigenvalue weighted by atomic mass is 16.5. The average molecular weight is 344 g/mol. The van der Waals surface area contributed by atoms with Gasteiger partial charge < -0.3 is 28.8 Å². The Bertz CT molecular complexity index is 987. The standard InChI is InChI=1S/C18H16O7/c1-22-11-8-12(23-2)17-13(14(11)20)15(21)18(24-3)16(25-17)9-4-6-10(19)7-5-9/h4-8,19-20H,1-3H3. The third-order valence-electron chi connectivity index (χ3n) is 3.80. The lowest BCUT2D eigenvalue weighted by Crippen LogP contribution is -2.09. The van der Waals surface area contributed by atoms with Gasteiger partial charge in [-0.2, -0.15) is 0 Å². The van der Waals surface area contributed by atoms with Gasteiger partial charge in [0.15, 0.2) is 28.6 Å². The molecule has 1 aromatic heterocycles. The Morgan fingerprint density at radius 1 is 0.920 bits per heavy atom. The summed E-state index contributed by atoms with van der Waals surface area (Å²) in [6, 6.07) is 7.51. The van der Waals surface area contributed by atoms with Gasteiger partial charge in [0.2, 0.25) is 11.2 Å². The van der Waals surface area contributed by atoms with Crippen LogP contribution in [0, 0.1) is 0 Å². The zero-order chi connectivity index (χ0) is 18.1. The lowest BCUT2D eigenvalue weighted by molar-refractivity contribution is 0.363. The van der Waals surface area contributed by atoms with Gasteiger partial charge in [0.1, 0.15) is 11.1 Å². The monoisotopic (exact) mass is 344 g/mol. The summed E-state index contributed by atoms with van der Waals surface area (Å²) in [7, 11) is 4.11. The SMILES string of the molecule is COc1cc(OC)c2oc(-c3ccc(O)cc3)c(OC)c(=O)c2c1O. The van der Waals surface area contributed by atoms with E-state index in [1.807, 2.05) is 0 Å². The molecule has 0 aliphatic carbocycles. The highest BCUT2D eigenvalue weighted by molar-refractivity contribution is 5.93. The average Bonchev–Trinajstić information content (AvgIpc) is 2.62. The molecule has 2 N–H and O–H groups in total. The minimum absolute atomic E-state index is 0.0645. The summed E-state index contributed by atoms with van der Waals surface area (Å²) in [5.41, 5.74) is 0.0159. The molecule has 0 amide bonds. The van der Waals surface area contributed by atoms with Crippen LogP contribution in [0.1, 0.15) is 0 Å². The van der Waals surface area contributed by atoms with E-state index in [9.17, 15) is 15.0 Å². The summed E-state index contributed by atoms with van der Waals surface area (Å²) in [4.78, 5) is 12.9. The minimum Gasteiger partial charge on any atom is -0.508 e. The predicted molar refractivity (Wildman–Crippen MR) is 90.9 cm³/mol. The van der Waals surface area contributed by atoms with E-state index in [1.165, 1.54) is 39.5 Å². The maximum atomic E-state index is 12.9. The molecule has 25 heavy (non-hydrogen) atoms. The number of phenolic OH excluding ortho intramolecular Hbond substituents is 2. The molecule has 3 rings (SSSR count). The molecular formula is C18H16O7. The number of aromatic hydroxyl groups is 2. The van der Waals surface area contributed by atoms with Gasteiger partial charge in [-0.25, -0.2) is 0 Å². The quantitative estimate of drug-likeness (QED) is 0.751. The number of rotatable bonds is 4. The molecule has 0 aliphatic heterocycles. The van der Waals surface area contributed by atoms with Crippen molar-refractivity contribution >= 4 is 11.0 Å². The summed E-state index contributed by atoms with van der Waals surface area (Å²) in [5, 5.41) is 19.7. The van der Waals surface area contributed by atoms with Crippen LogP contribution in [0.15, 0.2) is 39.5 Å². The number of phenols is 2. The summed E-state index contributed by atoms with van der Waals surface area (Å²) in [6.45, 7) is 0. The van der Waals surface area contributed by atoms with Crippen molar-refractivity contribution in [2.45, 2.75) is 0 Å². The van der Waals surface area contributed by atoms with Gasteiger partial charge in [-0.15, -0.1) is 0 Å². The highest BCUT2D eigenvalue weighted by Gasteiger charge is 2.24. The maximum Gasteiger partial charge on any atom is 0.239 e. The van der Waals surface area contributed by atoms with E-state index in [4.69, 9.17) is 18.6 Å². The van der Waals surface area contributed by atoms with Crippen LogP contribution in [0.25, 0.3) is 22.3 Å². The Hall–Kier alpha value is -3.35. The zero-order valence-corrected chi connectivity index (χ0v) is 13.8. The molecule has 0 saturated heterocycles. The molecule has 130 valence electrons. The third-order valence-corrected chi connectivity index (χ3v) is 3.80. The third kappa shape index (κ3) is 2.59. The van der Waals surface area contributed by atoms with Crippen LogP contribution in [0.3, 0.4) is 0 Å². The second-order valence-electron chi connectivity index (χ2n) is 5.17. The summed E-state index contributed by atoms with van der Waals surface area (Å²) in [5.74, 6) is 0.0978. The number of methoxy groups -OCH3 is 3. The molecule has 2 aromatic carbocycles. The molecule has 0 unspecified atom stereocenters. The van der Waals surface area contributed by atoms with Crippen molar-refractivity contribution in [3.63, 3.8) is 0 Å². The zero-order valence-electron chi connectivity index (χ0n) is 13.8. The van der Waals surface area contributed by atoms with Gasteiger partial charge >= 0.3 is 0 Å². The second kappa shape index (κ2) is 6.27. The number of hydrogen-bond acceptors (Lipinski definition) is 7. The Labute approximate surface area is 142 Å². The second-order valence-corrected chi connectivity index (χ2v) is 5.17. The fraction of sp³-hybridized carbons (Fsp3) is 0.167. The van der Waals surface area contributed by atoms with Crippen LogP contribution < -0.4 is 19.6 Å². The van der Waals surface area contributed by atoms with Gasteiger partial charge in [-0.05, 0) is 24.3 Å². The van der Waals surface area contributed by atoms with E-state index in [1.54, 1.807) is 12.1 Å². The molecule has 0 atom stereocenters. The van der Waals surface area contributed by atoms with Crippen molar-refractivity contribution in [3.8, 4) is 40.1 Å². The number of fused-ring (bicyclic) bond motifs is 1. The molecule has 7 heteroatoms. The number of ether oxygens (including phenoxy) is 3.